The van der Waals surface area contributed by atoms with E-state index in [0.29, 0.717) is 0 Å². The topological polar surface area (TPSA) is 44.8 Å². The van der Waals surface area contributed by atoms with Gasteiger partial charge in [0.2, 0.25) is 0 Å². The minimum atomic E-state index is 0.0693. The number of hydrogen-bond acceptors (Lipinski definition) is 3. The van der Waals surface area contributed by atoms with Gasteiger partial charge in [0.05, 0.1) is 12.7 Å². The Kier molecular flexibility index (Phi) is 3.40. The van der Waals surface area contributed by atoms with E-state index in [-0.39, 0.29) is 12.1 Å². The molecular weight excluding hydrogens is 242 g/mol. The first-order valence-electron chi connectivity index (χ1n) is 6.70. The minimum absolute atomic E-state index is 0.0693. The molecule has 0 bridgehead atoms. The van der Waals surface area contributed by atoms with Crippen molar-refractivity contribution in [3.63, 3.8) is 0 Å². The molecule has 0 radical (unpaired) electrons. The highest BCUT2D eigenvalue weighted by molar-refractivity contribution is 5.94. The van der Waals surface area contributed by atoms with Crippen molar-refractivity contribution in [1.82, 2.24) is 10.2 Å². The van der Waals surface area contributed by atoms with Crippen LogP contribution in [0.2, 0.25) is 0 Å². The normalized spacial score (nSPS) is 24.1. The third-order valence-electron chi connectivity index (χ3n) is 3.70. The largest absolute Gasteiger partial charge is 0.371 e. The van der Waals surface area contributed by atoms with E-state index in [2.05, 4.69) is 17.4 Å². The summed E-state index contributed by atoms with van der Waals surface area (Å²) in [6, 6.07) is 8.17. The van der Waals surface area contributed by atoms with E-state index in [9.17, 15) is 4.79 Å². The van der Waals surface area contributed by atoms with Gasteiger partial charge in [0.15, 0.2) is 0 Å². The molecule has 2 heterocycles. The van der Waals surface area contributed by atoms with E-state index in [1.165, 1.54) is 0 Å². The van der Waals surface area contributed by atoms with Crippen molar-refractivity contribution in [3.05, 3.63) is 29.8 Å². The van der Waals surface area contributed by atoms with Crippen LogP contribution in [0, 0.1) is 0 Å². The molecule has 3 rings (SSSR count). The number of anilines is 1. The van der Waals surface area contributed by atoms with Crippen molar-refractivity contribution >= 4 is 11.7 Å². The van der Waals surface area contributed by atoms with Crippen LogP contribution >= 0.6 is 0 Å². The maximum absolute atomic E-state index is 12.0. The van der Waals surface area contributed by atoms with Gasteiger partial charge < -0.3 is 15.0 Å². The van der Waals surface area contributed by atoms with E-state index < -0.39 is 0 Å². The monoisotopic (exact) mass is 261 g/mol. The number of likely N-dealkylation sites (N-methyl/N-ethyl adjacent to an activating group) is 1. The van der Waals surface area contributed by atoms with Crippen LogP contribution < -0.4 is 10.2 Å². The zero-order valence-electron chi connectivity index (χ0n) is 11.1. The van der Waals surface area contributed by atoms with Crippen molar-refractivity contribution < 1.29 is 9.53 Å². The quantitative estimate of drug-likeness (QED) is 0.870. The Morgan fingerprint density at radius 2 is 2.26 bits per heavy atom. The molecule has 2 aliphatic heterocycles. The number of morpholine rings is 1. The van der Waals surface area contributed by atoms with Crippen LogP contribution in [-0.2, 0) is 4.74 Å². The number of nitrogens with one attached hydrogen (secondary N) is 1. The summed E-state index contributed by atoms with van der Waals surface area (Å²) in [5, 5.41) is 3.32. The molecule has 0 aliphatic carbocycles. The van der Waals surface area contributed by atoms with Gasteiger partial charge in [0, 0.05) is 38.9 Å². The van der Waals surface area contributed by atoms with Crippen LogP contribution in [0.1, 0.15) is 11.7 Å². The molecule has 1 atom stereocenters. The lowest BCUT2D eigenvalue weighted by molar-refractivity contribution is 0.0277. The van der Waals surface area contributed by atoms with Crippen LogP contribution in [0.5, 0.6) is 0 Å². The maximum atomic E-state index is 12.0. The van der Waals surface area contributed by atoms with Crippen molar-refractivity contribution in [2.45, 2.75) is 6.10 Å². The van der Waals surface area contributed by atoms with Crippen LogP contribution in [-0.4, -0.2) is 50.8 Å². The fraction of sp³-hybridized carbons (Fsp3) is 0.500. The van der Waals surface area contributed by atoms with Crippen molar-refractivity contribution in [3.8, 4) is 0 Å². The summed E-state index contributed by atoms with van der Waals surface area (Å²) in [7, 11) is 1.83. The number of nitrogens with zero attached hydrogens (tertiary/aromatic N) is 2. The number of carbonyl (C=O) groups excluding carboxylic acids is 1. The second-order valence-corrected chi connectivity index (χ2v) is 5.01. The second kappa shape index (κ2) is 5.19. The molecule has 2 aliphatic rings. The molecule has 1 N–H and O–H groups in total. The van der Waals surface area contributed by atoms with E-state index in [1.54, 1.807) is 4.90 Å². The highest BCUT2D eigenvalue weighted by Gasteiger charge is 2.27. The minimum Gasteiger partial charge on any atom is -0.371 e. The number of urea groups is 1. The van der Waals surface area contributed by atoms with Gasteiger partial charge in [0.1, 0.15) is 0 Å². The van der Waals surface area contributed by atoms with Gasteiger partial charge in [-0.05, 0) is 17.7 Å². The van der Waals surface area contributed by atoms with Gasteiger partial charge in [-0.3, -0.25) is 4.90 Å². The van der Waals surface area contributed by atoms with Crippen LogP contribution in [0.4, 0.5) is 10.5 Å². The summed E-state index contributed by atoms with van der Waals surface area (Å²) in [4.78, 5) is 15.6. The summed E-state index contributed by atoms with van der Waals surface area (Å²) in [6.45, 7) is 4.01. The zero-order chi connectivity index (χ0) is 13.2. The third kappa shape index (κ3) is 2.43. The lowest BCUT2D eigenvalue weighted by Crippen LogP contribution is -2.33. The highest BCUT2D eigenvalue weighted by atomic mass is 16.5. The molecule has 1 unspecified atom stereocenters. The van der Waals surface area contributed by atoms with Crippen molar-refractivity contribution in [2.24, 2.45) is 0 Å². The first-order valence-corrected chi connectivity index (χ1v) is 6.70. The summed E-state index contributed by atoms with van der Waals surface area (Å²) in [5.74, 6) is 0. The number of hydrogen-bond donors (Lipinski definition) is 1. The number of ether oxygens (including phenoxy) is 1. The number of amides is 2. The Bertz CT molecular complexity index is 472. The maximum Gasteiger partial charge on any atom is 0.324 e. The second-order valence-electron chi connectivity index (χ2n) is 5.01. The molecule has 102 valence electrons. The number of rotatable bonds is 2. The molecule has 2 saturated heterocycles. The fourth-order valence-electron chi connectivity index (χ4n) is 2.56. The number of carbonyl (C=O) groups is 1. The van der Waals surface area contributed by atoms with E-state index in [0.717, 1.165) is 44.0 Å². The van der Waals surface area contributed by atoms with Crippen LogP contribution in [0.25, 0.3) is 0 Å². The lowest BCUT2D eigenvalue weighted by Gasteiger charge is -2.25. The Morgan fingerprint density at radius 1 is 1.37 bits per heavy atom. The van der Waals surface area contributed by atoms with Crippen molar-refractivity contribution in [1.29, 1.82) is 0 Å². The first kappa shape index (κ1) is 12.4. The zero-order valence-corrected chi connectivity index (χ0v) is 11.1. The summed E-state index contributed by atoms with van der Waals surface area (Å²) in [6.07, 6.45) is 0.0872. The smallest absolute Gasteiger partial charge is 0.324 e. The van der Waals surface area contributed by atoms with Crippen LogP contribution in [0.3, 0.4) is 0 Å². The average molecular weight is 261 g/mol. The van der Waals surface area contributed by atoms with Gasteiger partial charge in [-0.1, -0.05) is 12.1 Å². The van der Waals surface area contributed by atoms with E-state index in [1.807, 2.05) is 24.1 Å². The predicted molar refractivity (Wildman–Crippen MR) is 73.4 cm³/mol. The molecule has 0 spiro atoms. The molecule has 5 heteroatoms. The highest BCUT2D eigenvalue weighted by Crippen LogP contribution is 2.25. The first-order chi connectivity index (χ1) is 9.25. The third-order valence-corrected chi connectivity index (χ3v) is 3.70. The Morgan fingerprint density at radius 3 is 2.95 bits per heavy atom. The average Bonchev–Trinajstić information content (AvgIpc) is 2.80. The Labute approximate surface area is 113 Å². The molecule has 0 saturated carbocycles. The Balaban J connectivity index is 1.81. The standard InChI is InChI=1S/C14H19N3O2/c1-16-6-7-17(14(16)18)12-4-2-3-11(9-12)13-10-15-5-8-19-13/h2-4,9,13,15H,5-8,10H2,1H3. The van der Waals surface area contributed by atoms with E-state index in [4.69, 9.17) is 4.74 Å². The van der Waals surface area contributed by atoms with E-state index >= 15 is 0 Å². The molecule has 2 fully saturated rings. The molecule has 0 aromatic heterocycles. The van der Waals surface area contributed by atoms with Gasteiger partial charge in [-0.2, -0.15) is 0 Å². The molecule has 1 aromatic carbocycles. The summed E-state index contributed by atoms with van der Waals surface area (Å²) >= 11 is 0. The molecule has 2 amide bonds. The predicted octanol–water partition coefficient (Wildman–Crippen LogP) is 1.22. The number of benzene rings is 1. The molecule has 19 heavy (non-hydrogen) atoms. The lowest BCUT2D eigenvalue weighted by atomic mass is 10.1. The molecule has 5 nitrogen and oxygen atoms in total. The summed E-state index contributed by atoms with van der Waals surface area (Å²) < 4.78 is 5.75. The van der Waals surface area contributed by atoms with Crippen molar-refractivity contribution in [2.75, 3.05) is 44.7 Å². The Hall–Kier alpha value is -1.59. The molecular formula is C14H19N3O2. The van der Waals surface area contributed by atoms with Gasteiger partial charge in [0.25, 0.3) is 0 Å². The van der Waals surface area contributed by atoms with Crippen LogP contribution in [0.15, 0.2) is 24.3 Å². The molecule has 1 aromatic rings. The van der Waals surface area contributed by atoms with Gasteiger partial charge in [-0.25, -0.2) is 4.79 Å². The summed E-state index contributed by atoms with van der Waals surface area (Å²) in [5.41, 5.74) is 2.09. The fourth-order valence-corrected chi connectivity index (χ4v) is 2.56. The van der Waals surface area contributed by atoms with Gasteiger partial charge >= 0.3 is 6.03 Å². The van der Waals surface area contributed by atoms with Gasteiger partial charge in [-0.15, -0.1) is 0 Å². The SMILES string of the molecule is CN1CCN(c2cccc(C3CNCCO3)c2)C1=O.